The molecule has 1 radical (unpaired) electrons. The monoisotopic (exact) mass is 175 g/mol. The van der Waals surface area contributed by atoms with Gasteiger partial charge in [0.25, 0.3) is 0 Å². The van der Waals surface area contributed by atoms with Gasteiger partial charge in [-0.05, 0) is 24.8 Å². The van der Waals surface area contributed by atoms with Gasteiger partial charge in [-0.2, -0.15) is 0 Å². The second kappa shape index (κ2) is 6.44. The van der Waals surface area contributed by atoms with Crippen molar-refractivity contribution < 1.29 is 5.11 Å². The maximum Gasteiger partial charge on any atom is 0.0825 e. The predicted molar refractivity (Wildman–Crippen MR) is 54.1 cm³/mol. The van der Waals surface area contributed by atoms with Crippen molar-refractivity contribution in [3.05, 3.63) is 48.0 Å². The van der Waals surface area contributed by atoms with Gasteiger partial charge >= 0.3 is 0 Å². The highest BCUT2D eigenvalue weighted by molar-refractivity contribution is 5.17. The van der Waals surface area contributed by atoms with Crippen LogP contribution in [0, 0.1) is 0 Å². The van der Waals surface area contributed by atoms with E-state index in [-0.39, 0.29) is 6.61 Å². The van der Waals surface area contributed by atoms with Gasteiger partial charge in [-0.3, -0.25) is 0 Å². The van der Waals surface area contributed by atoms with Crippen LogP contribution in [0.2, 0.25) is 0 Å². The summed E-state index contributed by atoms with van der Waals surface area (Å²) < 4.78 is 0. The third-order valence-electron chi connectivity index (χ3n) is 1.88. The van der Waals surface area contributed by atoms with Gasteiger partial charge in [-0.1, -0.05) is 42.5 Å². The molecule has 1 aromatic rings. The van der Waals surface area contributed by atoms with Crippen LogP contribution in [0.25, 0.3) is 0 Å². The Hall–Kier alpha value is -1.08. The van der Waals surface area contributed by atoms with Gasteiger partial charge in [0.15, 0.2) is 0 Å². The first kappa shape index (κ1) is 10.0. The van der Waals surface area contributed by atoms with E-state index in [2.05, 4.69) is 24.3 Å². The smallest absolute Gasteiger partial charge is 0.0825 e. The van der Waals surface area contributed by atoms with Gasteiger partial charge in [0, 0.05) is 0 Å². The fourth-order valence-electron chi connectivity index (χ4n) is 1.15. The molecule has 0 saturated carbocycles. The highest BCUT2D eigenvalue weighted by Crippen LogP contribution is 2.00. The average Bonchev–Trinajstić information content (AvgIpc) is 2.19. The molecule has 0 unspecified atom stereocenters. The molecular weight excluding hydrogens is 160 g/mol. The van der Waals surface area contributed by atoms with E-state index in [1.807, 2.05) is 18.2 Å². The minimum absolute atomic E-state index is 0.0374. The fraction of sp³-hybridized carbons (Fsp3) is 0.333. The van der Waals surface area contributed by atoms with E-state index >= 15 is 0 Å². The van der Waals surface area contributed by atoms with E-state index < -0.39 is 0 Å². The second-order valence-electron chi connectivity index (χ2n) is 3.01. The van der Waals surface area contributed by atoms with Crippen molar-refractivity contribution in [2.75, 3.05) is 6.61 Å². The van der Waals surface area contributed by atoms with Gasteiger partial charge in [0.2, 0.25) is 0 Å². The van der Waals surface area contributed by atoms with E-state index in [0.29, 0.717) is 0 Å². The lowest BCUT2D eigenvalue weighted by Gasteiger charge is -1.93. The van der Waals surface area contributed by atoms with E-state index in [4.69, 9.17) is 0 Å². The molecule has 1 aromatic carbocycles. The van der Waals surface area contributed by atoms with Crippen LogP contribution in [0.3, 0.4) is 0 Å². The Bertz CT molecular complexity index is 239. The van der Waals surface area contributed by atoms with Crippen LogP contribution >= 0.6 is 0 Å². The predicted octanol–water partition coefficient (Wildman–Crippen LogP) is 3.00. The lowest BCUT2D eigenvalue weighted by molar-refractivity contribution is 0.190. The first-order valence-corrected chi connectivity index (χ1v) is 4.70. The largest absolute Gasteiger partial charge is 0.237 e. The van der Waals surface area contributed by atoms with Crippen molar-refractivity contribution in [3.8, 4) is 0 Å². The molecule has 1 nitrogen and oxygen atoms in total. The molecule has 1 heteroatoms. The Morgan fingerprint density at radius 2 is 1.85 bits per heavy atom. The standard InChI is InChI=1S/C12H15O/c13-11-7-2-1-4-8-12-9-5-3-6-10-12/h1,3-6,9-10H,2,7-8,11H2/b4-1+. The van der Waals surface area contributed by atoms with Gasteiger partial charge < -0.3 is 0 Å². The number of rotatable bonds is 5. The number of hydrogen-bond donors (Lipinski definition) is 0. The summed E-state index contributed by atoms with van der Waals surface area (Å²) in [6, 6.07) is 10.3. The number of benzene rings is 1. The zero-order valence-electron chi connectivity index (χ0n) is 7.78. The summed E-state index contributed by atoms with van der Waals surface area (Å²) >= 11 is 0. The van der Waals surface area contributed by atoms with Crippen LogP contribution in [0.5, 0.6) is 0 Å². The van der Waals surface area contributed by atoms with Crippen LogP contribution in [0.1, 0.15) is 18.4 Å². The molecule has 0 bridgehead atoms. The van der Waals surface area contributed by atoms with E-state index in [9.17, 15) is 5.11 Å². The first-order chi connectivity index (χ1) is 6.43. The lowest BCUT2D eigenvalue weighted by atomic mass is 10.1. The lowest BCUT2D eigenvalue weighted by Crippen LogP contribution is -1.80. The Labute approximate surface area is 79.7 Å². The molecule has 0 aromatic heterocycles. The molecule has 0 fully saturated rings. The highest BCUT2D eigenvalue weighted by atomic mass is 16.2. The Morgan fingerprint density at radius 3 is 2.54 bits per heavy atom. The molecule has 0 spiro atoms. The third-order valence-corrected chi connectivity index (χ3v) is 1.88. The van der Waals surface area contributed by atoms with Gasteiger partial charge in [-0.15, -0.1) is 0 Å². The number of allylic oxidation sites excluding steroid dienone is 2. The normalized spacial score (nSPS) is 10.8. The fourth-order valence-corrected chi connectivity index (χ4v) is 1.15. The van der Waals surface area contributed by atoms with Crippen LogP contribution in [0.4, 0.5) is 0 Å². The molecule has 0 aliphatic rings. The van der Waals surface area contributed by atoms with Crippen LogP contribution in [-0.2, 0) is 11.5 Å². The van der Waals surface area contributed by atoms with Gasteiger partial charge in [-0.25, -0.2) is 5.11 Å². The highest BCUT2D eigenvalue weighted by Gasteiger charge is 1.85. The average molecular weight is 175 g/mol. The Kier molecular flexibility index (Phi) is 4.95. The van der Waals surface area contributed by atoms with Crippen LogP contribution in [0.15, 0.2) is 42.5 Å². The summed E-state index contributed by atoms with van der Waals surface area (Å²) in [4.78, 5) is 0. The molecule has 0 atom stereocenters. The first-order valence-electron chi connectivity index (χ1n) is 4.70. The third kappa shape index (κ3) is 4.48. The molecular formula is C12H15O. The van der Waals surface area contributed by atoms with Crippen molar-refractivity contribution in [2.45, 2.75) is 19.3 Å². The van der Waals surface area contributed by atoms with Gasteiger partial charge in [0.05, 0.1) is 6.61 Å². The summed E-state index contributed by atoms with van der Waals surface area (Å²) in [5.74, 6) is 0. The van der Waals surface area contributed by atoms with Crippen molar-refractivity contribution in [1.82, 2.24) is 0 Å². The molecule has 69 valence electrons. The topological polar surface area (TPSA) is 19.9 Å². The molecule has 13 heavy (non-hydrogen) atoms. The SMILES string of the molecule is [O]CCC/C=C/Cc1ccccc1. The zero-order valence-corrected chi connectivity index (χ0v) is 7.78. The zero-order chi connectivity index (χ0) is 9.36. The Morgan fingerprint density at radius 1 is 1.08 bits per heavy atom. The second-order valence-corrected chi connectivity index (χ2v) is 3.01. The van der Waals surface area contributed by atoms with Crippen molar-refractivity contribution in [2.24, 2.45) is 0 Å². The molecule has 0 heterocycles. The van der Waals surface area contributed by atoms with E-state index in [0.717, 1.165) is 19.3 Å². The van der Waals surface area contributed by atoms with E-state index in [1.54, 1.807) is 0 Å². The minimum atomic E-state index is 0.0374. The van der Waals surface area contributed by atoms with Gasteiger partial charge in [0.1, 0.15) is 0 Å². The molecule has 0 amide bonds. The Balaban J connectivity index is 2.23. The number of hydrogen-bond acceptors (Lipinski definition) is 0. The van der Waals surface area contributed by atoms with Crippen LogP contribution < -0.4 is 0 Å². The molecule has 0 aliphatic carbocycles. The maximum absolute atomic E-state index is 10.1. The molecule has 0 N–H and O–H groups in total. The quantitative estimate of drug-likeness (QED) is 0.484. The van der Waals surface area contributed by atoms with Crippen molar-refractivity contribution in [1.29, 1.82) is 0 Å². The molecule has 0 saturated heterocycles. The summed E-state index contributed by atoms with van der Waals surface area (Å²) in [6.45, 7) is 0.0374. The summed E-state index contributed by atoms with van der Waals surface area (Å²) in [6.07, 6.45) is 6.86. The van der Waals surface area contributed by atoms with Crippen molar-refractivity contribution in [3.63, 3.8) is 0 Å². The maximum atomic E-state index is 10.1. The number of unbranched alkanes of at least 4 members (excludes halogenated alkanes) is 1. The molecule has 1 rings (SSSR count). The molecule has 0 aliphatic heterocycles. The van der Waals surface area contributed by atoms with Crippen LogP contribution in [-0.4, -0.2) is 6.61 Å². The minimum Gasteiger partial charge on any atom is -0.237 e. The summed E-state index contributed by atoms with van der Waals surface area (Å²) in [5, 5.41) is 10.1. The summed E-state index contributed by atoms with van der Waals surface area (Å²) in [5.41, 5.74) is 1.32. The summed E-state index contributed by atoms with van der Waals surface area (Å²) in [7, 11) is 0. The van der Waals surface area contributed by atoms with E-state index in [1.165, 1.54) is 5.56 Å². The van der Waals surface area contributed by atoms with Crippen molar-refractivity contribution >= 4 is 0 Å².